The molecule has 0 saturated carbocycles. The highest BCUT2D eigenvalue weighted by atomic mass is 79.9. The van der Waals surface area contributed by atoms with Crippen molar-refractivity contribution in [2.24, 2.45) is 0 Å². The zero-order chi connectivity index (χ0) is 15.5. The van der Waals surface area contributed by atoms with Gasteiger partial charge in [0, 0.05) is 4.47 Å². The van der Waals surface area contributed by atoms with Crippen molar-refractivity contribution < 1.29 is 10.2 Å². The highest BCUT2D eigenvalue weighted by molar-refractivity contribution is 9.10. The van der Waals surface area contributed by atoms with Gasteiger partial charge in [0.15, 0.2) is 0 Å². The monoisotopic (exact) mass is 348 g/mol. The smallest absolute Gasteiger partial charge is 0.0843 e. The summed E-state index contributed by atoms with van der Waals surface area (Å²) in [7, 11) is 0. The predicted molar refractivity (Wildman–Crippen MR) is 89.1 cm³/mol. The van der Waals surface area contributed by atoms with Crippen LogP contribution in [-0.2, 0) is 12.0 Å². The van der Waals surface area contributed by atoms with E-state index in [0.29, 0.717) is 6.42 Å². The number of rotatable bonds is 5. The Hall–Kier alpha value is -1.16. The van der Waals surface area contributed by atoms with E-state index in [-0.39, 0.29) is 0 Å². The fraction of sp³-hybridized carbons (Fsp3) is 0.333. The average molecular weight is 349 g/mol. The quantitative estimate of drug-likeness (QED) is 0.843. The Labute approximate surface area is 134 Å². The zero-order valence-corrected chi connectivity index (χ0v) is 14.0. The fourth-order valence-corrected chi connectivity index (χ4v) is 2.92. The van der Waals surface area contributed by atoms with E-state index in [2.05, 4.69) is 15.9 Å². The van der Waals surface area contributed by atoms with E-state index >= 15 is 0 Å². The maximum Gasteiger partial charge on any atom is 0.0843 e. The second kappa shape index (κ2) is 6.73. The summed E-state index contributed by atoms with van der Waals surface area (Å²) >= 11 is 3.42. The molecule has 0 aliphatic rings. The topological polar surface area (TPSA) is 40.5 Å². The van der Waals surface area contributed by atoms with Crippen LogP contribution in [0.25, 0.3) is 0 Å². The molecule has 0 saturated heterocycles. The van der Waals surface area contributed by atoms with Crippen molar-refractivity contribution in [1.29, 1.82) is 0 Å². The molecule has 0 unspecified atom stereocenters. The van der Waals surface area contributed by atoms with Gasteiger partial charge in [0.2, 0.25) is 0 Å². The Kier molecular flexibility index (Phi) is 5.20. The first-order valence-corrected chi connectivity index (χ1v) is 7.91. The van der Waals surface area contributed by atoms with Crippen LogP contribution in [0.4, 0.5) is 0 Å². The molecule has 0 aliphatic carbocycles. The van der Waals surface area contributed by atoms with Gasteiger partial charge in [0.25, 0.3) is 0 Å². The summed E-state index contributed by atoms with van der Waals surface area (Å²) < 4.78 is 0.968. The summed E-state index contributed by atoms with van der Waals surface area (Å²) in [5.41, 5.74) is 2.05. The minimum Gasteiger partial charge on any atom is -0.388 e. The van der Waals surface area contributed by atoms with Crippen LogP contribution in [-0.4, -0.2) is 10.2 Å². The maximum atomic E-state index is 10.3. The molecule has 2 nitrogen and oxygen atoms in total. The van der Waals surface area contributed by atoms with Crippen molar-refractivity contribution >= 4 is 15.9 Å². The first-order chi connectivity index (χ1) is 9.88. The lowest BCUT2D eigenvalue weighted by Crippen LogP contribution is -2.18. The highest BCUT2D eigenvalue weighted by Crippen LogP contribution is 2.27. The van der Waals surface area contributed by atoms with Crippen LogP contribution in [0.1, 0.15) is 43.1 Å². The van der Waals surface area contributed by atoms with Gasteiger partial charge in [0.1, 0.15) is 0 Å². The lowest BCUT2D eigenvalue weighted by atomic mass is 9.90. The molecule has 0 aromatic heterocycles. The van der Waals surface area contributed by atoms with Gasteiger partial charge in [-0.15, -0.1) is 0 Å². The van der Waals surface area contributed by atoms with Gasteiger partial charge in [-0.1, -0.05) is 52.3 Å². The standard InChI is InChI=1S/C18H21BrO2/c1-18(2,21)16-9-4-3-6-13(16)10-11-17(20)14-7-5-8-15(19)12-14/h3-9,12,17,20-21H,10-11H2,1-2H3/t17-/m0/s1. The molecular formula is C18H21BrO2. The van der Waals surface area contributed by atoms with Crippen molar-refractivity contribution in [1.82, 2.24) is 0 Å². The van der Waals surface area contributed by atoms with Gasteiger partial charge in [-0.3, -0.25) is 0 Å². The van der Waals surface area contributed by atoms with Gasteiger partial charge in [-0.2, -0.15) is 0 Å². The lowest BCUT2D eigenvalue weighted by molar-refractivity contribution is 0.0772. The van der Waals surface area contributed by atoms with Crippen LogP contribution in [0.15, 0.2) is 53.0 Å². The lowest BCUT2D eigenvalue weighted by Gasteiger charge is -2.22. The molecule has 2 aromatic rings. The molecule has 0 spiro atoms. The van der Waals surface area contributed by atoms with Crippen molar-refractivity contribution in [2.75, 3.05) is 0 Å². The maximum absolute atomic E-state index is 10.3. The van der Waals surface area contributed by atoms with E-state index in [9.17, 15) is 10.2 Å². The van der Waals surface area contributed by atoms with Gasteiger partial charge in [0.05, 0.1) is 11.7 Å². The number of aryl methyl sites for hydroxylation is 1. The van der Waals surface area contributed by atoms with E-state index in [1.807, 2.05) is 48.5 Å². The number of hydrogen-bond donors (Lipinski definition) is 2. The Morgan fingerprint density at radius 1 is 1.10 bits per heavy atom. The second-order valence-corrected chi connectivity index (χ2v) is 6.74. The van der Waals surface area contributed by atoms with Crippen LogP contribution < -0.4 is 0 Å². The van der Waals surface area contributed by atoms with Crippen LogP contribution in [0, 0.1) is 0 Å². The minimum atomic E-state index is -0.864. The van der Waals surface area contributed by atoms with E-state index < -0.39 is 11.7 Å². The largest absolute Gasteiger partial charge is 0.388 e. The minimum absolute atomic E-state index is 0.502. The van der Waals surface area contributed by atoms with Crippen LogP contribution in [0.5, 0.6) is 0 Å². The van der Waals surface area contributed by atoms with Gasteiger partial charge in [-0.25, -0.2) is 0 Å². The van der Waals surface area contributed by atoms with Gasteiger partial charge in [-0.05, 0) is 55.5 Å². The molecule has 2 N–H and O–H groups in total. The zero-order valence-electron chi connectivity index (χ0n) is 12.4. The van der Waals surface area contributed by atoms with E-state index in [4.69, 9.17) is 0 Å². The van der Waals surface area contributed by atoms with Crippen molar-refractivity contribution in [3.05, 3.63) is 69.7 Å². The van der Waals surface area contributed by atoms with E-state index in [0.717, 1.165) is 27.6 Å². The van der Waals surface area contributed by atoms with Crippen LogP contribution >= 0.6 is 15.9 Å². The average Bonchev–Trinajstić information content (AvgIpc) is 2.44. The molecule has 1 atom stereocenters. The molecule has 21 heavy (non-hydrogen) atoms. The molecule has 112 valence electrons. The summed E-state index contributed by atoms with van der Waals surface area (Å²) in [6.45, 7) is 3.58. The molecule has 0 fully saturated rings. The molecule has 2 rings (SSSR count). The number of aliphatic hydroxyl groups excluding tert-OH is 1. The third-order valence-electron chi connectivity index (χ3n) is 3.60. The normalized spacial score (nSPS) is 13.2. The molecular weight excluding hydrogens is 328 g/mol. The van der Waals surface area contributed by atoms with Gasteiger partial charge < -0.3 is 10.2 Å². The summed E-state index contributed by atoms with van der Waals surface area (Å²) in [6, 6.07) is 15.6. The molecule has 0 radical (unpaired) electrons. The van der Waals surface area contributed by atoms with Crippen LogP contribution in [0.2, 0.25) is 0 Å². The van der Waals surface area contributed by atoms with Crippen LogP contribution in [0.3, 0.4) is 0 Å². The number of hydrogen-bond acceptors (Lipinski definition) is 2. The Balaban J connectivity index is 2.10. The predicted octanol–water partition coefficient (Wildman–Crippen LogP) is 4.34. The molecule has 0 amide bonds. The molecule has 0 bridgehead atoms. The summed E-state index contributed by atoms with van der Waals surface area (Å²) in [4.78, 5) is 0. The third kappa shape index (κ3) is 4.40. The Bertz CT molecular complexity index is 602. The van der Waals surface area contributed by atoms with Gasteiger partial charge >= 0.3 is 0 Å². The first-order valence-electron chi connectivity index (χ1n) is 7.12. The number of aliphatic hydroxyl groups is 2. The van der Waals surface area contributed by atoms with Crippen molar-refractivity contribution in [2.45, 2.75) is 38.4 Å². The number of halogens is 1. The molecule has 2 aromatic carbocycles. The summed E-state index contributed by atoms with van der Waals surface area (Å²) in [6.07, 6.45) is 0.856. The third-order valence-corrected chi connectivity index (χ3v) is 4.09. The Morgan fingerprint density at radius 2 is 1.81 bits per heavy atom. The van der Waals surface area contributed by atoms with Crippen molar-refractivity contribution in [3.63, 3.8) is 0 Å². The molecule has 3 heteroatoms. The summed E-state index contributed by atoms with van der Waals surface area (Å²) in [5, 5.41) is 20.5. The Morgan fingerprint density at radius 3 is 2.48 bits per heavy atom. The molecule has 0 heterocycles. The first kappa shape index (κ1) is 16.2. The molecule has 0 aliphatic heterocycles. The highest BCUT2D eigenvalue weighted by Gasteiger charge is 2.19. The van der Waals surface area contributed by atoms with Crippen molar-refractivity contribution in [3.8, 4) is 0 Å². The summed E-state index contributed by atoms with van der Waals surface area (Å²) in [5.74, 6) is 0. The second-order valence-electron chi connectivity index (χ2n) is 5.83. The van der Waals surface area contributed by atoms with E-state index in [1.165, 1.54) is 0 Å². The van der Waals surface area contributed by atoms with E-state index in [1.54, 1.807) is 13.8 Å². The SMILES string of the molecule is CC(C)(O)c1ccccc1CC[C@H](O)c1cccc(Br)c1. The number of benzene rings is 2. The fourth-order valence-electron chi connectivity index (χ4n) is 2.51.